The minimum atomic E-state index is -0.981. The molecule has 0 saturated carbocycles. The molecule has 0 saturated heterocycles. The first-order valence-corrected chi connectivity index (χ1v) is 7.89. The number of benzene rings is 1. The Bertz CT molecular complexity index is 650. The Kier molecular flexibility index (Phi) is 7.99. The predicted octanol–water partition coefficient (Wildman–Crippen LogP) is 4.00. The third-order valence-corrected chi connectivity index (χ3v) is 3.64. The fourth-order valence-electron chi connectivity index (χ4n) is 2.17. The minimum Gasteiger partial charge on any atom is -0.496 e. The van der Waals surface area contributed by atoms with E-state index in [-0.39, 0.29) is 0 Å². The number of ether oxygens (including phenoxy) is 1. The molecule has 0 spiro atoms. The summed E-state index contributed by atoms with van der Waals surface area (Å²) in [5, 5.41) is 18.9. The summed E-state index contributed by atoms with van der Waals surface area (Å²) in [4.78, 5) is 10.6. The van der Waals surface area contributed by atoms with E-state index in [1.165, 1.54) is 5.57 Å². The van der Waals surface area contributed by atoms with Gasteiger partial charge in [-0.1, -0.05) is 23.8 Å². The summed E-state index contributed by atoms with van der Waals surface area (Å²) in [6.45, 7) is 5.92. The number of hydrogen-bond acceptors (Lipinski definition) is 3. The maximum absolute atomic E-state index is 10.6. The van der Waals surface area contributed by atoms with E-state index in [9.17, 15) is 9.90 Å². The lowest BCUT2D eigenvalue weighted by Crippen LogP contribution is -2.07. The first-order valence-electron chi connectivity index (χ1n) is 7.89. The average Bonchev–Trinajstić information content (AvgIpc) is 2.55. The van der Waals surface area contributed by atoms with Crippen molar-refractivity contribution in [3.8, 4) is 5.75 Å². The smallest absolute Gasteiger partial charge is 0.328 e. The molecule has 24 heavy (non-hydrogen) atoms. The number of carbonyl (C=O) groups is 1. The molecule has 0 aliphatic rings. The number of carboxylic acids is 1. The van der Waals surface area contributed by atoms with Crippen LogP contribution in [0.25, 0.3) is 6.08 Å². The summed E-state index contributed by atoms with van der Waals surface area (Å²) in [5.41, 5.74) is 3.82. The van der Waals surface area contributed by atoms with Crippen molar-refractivity contribution in [1.29, 1.82) is 0 Å². The van der Waals surface area contributed by atoms with E-state index in [2.05, 4.69) is 0 Å². The number of allylic oxidation sites excluding steroid dienone is 2. The van der Waals surface area contributed by atoms with Crippen molar-refractivity contribution in [2.24, 2.45) is 0 Å². The summed E-state index contributed by atoms with van der Waals surface area (Å²) in [6, 6.07) is 5.52. The van der Waals surface area contributed by atoms with Crippen molar-refractivity contribution in [2.75, 3.05) is 7.11 Å². The molecule has 130 valence electrons. The number of hydrogen-bond donors (Lipinski definition) is 2. The zero-order valence-electron chi connectivity index (χ0n) is 14.7. The van der Waals surface area contributed by atoms with Gasteiger partial charge in [0.2, 0.25) is 0 Å². The van der Waals surface area contributed by atoms with Crippen LogP contribution >= 0.6 is 0 Å². The number of aliphatic hydroxyl groups is 1. The maximum Gasteiger partial charge on any atom is 0.328 e. The van der Waals surface area contributed by atoms with Gasteiger partial charge in [-0.3, -0.25) is 0 Å². The van der Waals surface area contributed by atoms with Crippen LogP contribution in [0.5, 0.6) is 5.75 Å². The number of aliphatic hydroxyl groups excluding tert-OH is 1. The molecule has 1 unspecified atom stereocenters. The van der Waals surface area contributed by atoms with Gasteiger partial charge in [0.15, 0.2) is 0 Å². The number of methoxy groups -OCH3 is 1. The van der Waals surface area contributed by atoms with Gasteiger partial charge in [-0.25, -0.2) is 4.79 Å². The third kappa shape index (κ3) is 6.84. The molecule has 0 amide bonds. The molecule has 1 aromatic carbocycles. The van der Waals surface area contributed by atoms with Crippen LogP contribution in [-0.4, -0.2) is 29.4 Å². The second kappa shape index (κ2) is 9.73. The second-order valence-corrected chi connectivity index (χ2v) is 5.93. The fraction of sp³-hybridized carbons (Fsp3) is 0.350. The Hall–Kier alpha value is -2.33. The third-order valence-electron chi connectivity index (χ3n) is 3.64. The van der Waals surface area contributed by atoms with E-state index in [0.29, 0.717) is 12.8 Å². The molecule has 4 nitrogen and oxygen atoms in total. The highest BCUT2D eigenvalue weighted by molar-refractivity contribution is 5.85. The van der Waals surface area contributed by atoms with Gasteiger partial charge in [0.25, 0.3) is 0 Å². The minimum absolute atomic E-state index is 0.499. The molecule has 4 heteroatoms. The molecular weight excluding hydrogens is 304 g/mol. The highest BCUT2D eigenvalue weighted by Crippen LogP contribution is 2.22. The molecule has 2 N–H and O–H groups in total. The Labute approximate surface area is 143 Å². The standard InChI is InChI=1S/C20H26O4/c1-14(2)5-10-18(21)15(3)6-9-17-13-16(8-12-20(22)23)7-11-19(17)24-4/h5-8,11-13,18,21H,9-10H2,1-4H3,(H,22,23). The van der Waals surface area contributed by atoms with Crippen molar-refractivity contribution < 1.29 is 19.7 Å². The van der Waals surface area contributed by atoms with Gasteiger partial charge in [-0.15, -0.1) is 0 Å². The van der Waals surface area contributed by atoms with Crippen LogP contribution in [0.2, 0.25) is 0 Å². The van der Waals surface area contributed by atoms with Crippen LogP contribution in [-0.2, 0) is 11.2 Å². The van der Waals surface area contributed by atoms with Crippen molar-refractivity contribution in [2.45, 2.75) is 39.7 Å². The maximum atomic E-state index is 10.6. The molecule has 0 aliphatic carbocycles. The Morgan fingerprint density at radius 1 is 1.25 bits per heavy atom. The molecule has 0 fully saturated rings. The molecule has 0 aromatic heterocycles. The van der Waals surface area contributed by atoms with Crippen molar-refractivity contribution in [3.05, 3.63) is 58.7 Å². The average molecular weight is 330 g/mol. The van der Waals surface area contributed by atoms with Gasteiger partial charge in [-0.2, -0.15) is 0 Å². The molecule has 0 heterocycles. The number of aliphatic carboxylic acids is 1. The normalized spacial score (nSPS) is 13.0. The van der Waals surface area contributed by atoms with Gasteiger partial charge in [0, 0.05) is 6.08 Å². The van der Waals surface area contributed by atoms with E-state index in [1.54, 1.807) is 13.2 Å². The van der Waals surface area contributed by atoms with Crippen LogP contribution in [0.4, 0.5) is 0 Å². The molecule has 1 aromatic rings. The SMILES string of the molecule is COc1ccc(C=CC(=O)O)cc1CC=C(C)C(O)CC=C(C)C. The number of carboxylic acid groups (broad SMARTS) is 1. The van der Waals surface area contributed by atoms with Gasteiger partial charge in [0.1, 0.15) is 5.75 Å². The van der Waals surface area contributed by atoms with Gasteiger partial charge < -0.3 is 14.9 Å². The first-order chi connectivity index (χ1) is 11.3. The summed E-state index contributed by atoms with van der Waals surface area (Å²) in [5.74, 6) is -0.240. The second-order valence-electron chi connectivity index (χ2n) is 5.93. The molecule has 0 radical (unpaired) electrons. The van der Waals surface area contributed by atoms with Crippen LogP contribution in [0.3, 0.4) is 0 Å². The Morgan fingerprint density at radius 2 is 1.96 bits per heavy atom. The lowest BCUT2D eigenvalue weighted by molar-refractivity contribution is -0.131. The van der Waals surface area contributed by atoms with Gasteiger partial charge in [0.05, 0.1) is 13.2 Å². The fourth-order valence-corrected chi connectivity index (χ4v) is 2.17. The number of rotatable bonds is 8. The largest absolute Gasteiger partial charge is 0.496 e. The molecule has 1 atom stereocenters. The van der Waals surface area contributed by atoms with Crippen molar-refractivity contribution >= 4 is 12.0 Å². The topological polar surface area (TPSA) is 66.8 Å². The van der Waals surface area contributed by atoms with Crippen molar-refractivity contribution in [1.82, 2.24) is 0 Å². The highest BCUT2D eigenvalue weighted by atomic mass is 16.5. The zero-order valence-corrected chi connectivity index (χ0v) is 14.7. The van der Waals surface area contributed by atoms with E-state index in [1.807, 2.05) is 51.1 Å². The summed E-state index contributed by atoms with van der Waals surface area (Å²) >= 11 is 0. The van der Waals surface area contributed by atoms with E-state index < -0.39 is 12.1 Å². The summed E-state index contributed by atoms with van der Waals surface area (Å²) in [7, 11) is 1.60. The lowest BCUT2D eigenvalue weighted by atomic mass is 10.0. The molecular formula is C20H26O4. The van der Waals surface area contributed by atoms with E-state index in [0.717, 1.165) is 28.5 Å². The molecule has 1 rings (SSSR count). The van der Waals surface area contributed by atoms with Crippen LogP contribution in [0.1, 0.15) is 38.3 Å². The zero-order chi connectivity index (χ0) is 18.1. The van der Waals surface area contributed by atoms with Gasteiger partial charge >= 0.3 is 5.97 Å². The predicted molar refractivity (Wildman–Crippen MR) is 97.2 cm³/mol. The van der Waals surface area contributed by atoms with Gasteiger partial charge in [-0.05, 0) is 68.5 Å². The molecule has 0 aliphatic heterocycles. The monoisotopic (exact) mass is 330 g/mol. The summed E-state index contributed by atoms with van der Waals surface area (Å²) in [6.07, 6.45) is 7.35. The van der Waals surface area contributed by atoms with Crippen LogP contribution in [0.15, 0.2) is 47.6 Å². The Balaban J connectivity index is 2.91. The van der Waals surface area contributed by atoms with E-state index >= 15 is 0 Å². The van der Waals surface area contributed by atoms with Crippen LogP contribution in [0, 0.1) is 0 Å². The van der Waals surface area contributed by atoms with Crippen molar-refractivity contribution in [3.63, 3.8) is 0 Å². The highest BCUT2D eigenvalue weighted by Gasteiger charge is 2.07. The quantitative estimate of drug-likeness (QED) is 0.558. The molecule has 0 bridgehead atoms. The first kappa shape index (κ1) is 19.7. The van der Waals surface area contributed by atoms with Crippen LogP contribution < -0.4 is 4.74 Å². The van der Waals surface area contributed by atoms with E-state index in [4.69, 9.17) is 9.84 Å². The summed E-state index contributed by atoms with van der Waals surface area (Å²) < 4.78 is 5.36. The lowest BCUT2D eigenvalue weighted by Gasteiger charge is -2.11. The Morgan fingerprint density at radius 3 is 2.54 bits per heavy atom.